The van der Waals surface area contributed by atoms with E-state index < -0.39 is 0 Å². The van der Waals surface area contributed by atoms with Crippen molar-refractivity contribution in [3.8, 4) is 10.7 Å². The SMILES string of the molecule is Cc1cc(Br)ccc1NC(=O)CSc1nnc(-c2cccs2)n1Cc1ccccc1. The maximum absolute atomic E-state index is 12.5. The fraction of sp³-hybridized carbons (Fsp3) is 0.136. The molecule has 0 radical (unpaired) electrons. The molecule has 0 aliphatic rings. The van der Waals surface area contributed by atoms with E-state index in [9.17, 15) is 4.79 Å². The molecule has 2 aromatic heterocycles. The van der Waals surface area contributed by atoms with Gasteiger partial charge in [-0.1, -0.05) is 64.1 Å². The molecule has 2 aromatic carbocycles. The molecule has 0 saturated heterocycles. The number of hydrogen-bond donors (Lipinski definition) is 1. The highest BCUT2D eigenvalue weighted by atomic mass is 79.9. The number of aromatic nitrogens is 3. The van der Waals surface area contributed by atoms with Crippen LogP contribution in [0.1, 0.15) is 11.1 Å². The molecule has 0 fully saturated rings. The number of aryl methyl sites for hydroxylation is 1. The molecule has 0 atom stereocenters. The van der Waals surface area contributed by atoms with Crippen molar-refractivity contribution in [3.05, 3.63) is 81.6 Å². The number of amides is 1. The first-order valence-electron chi connectivity index (χ1n) is 9.30. The molecule has 0 spiro atoms. The molecule has 8 heteroatoms. The van der Waals surface area contributed by atoms with Gasteiger partial charge in [0.2, 0.25) is 5.91 Å². The Balaban J connectivity index is 1.51. The number of thiophene rings is 1. The molecule has 4 aromatic rings. The maximum Gasteiger partial charge on any atom is 0.234 e. The lowest BCUT2D eigenvalue weighted by Gasteiger charge is -2.11. The van der Waals surface area contributed by atoms with Crippen LogP contribution in [0.3, 0.4) is 0 Å². The molecule has 0 saturated carbocycles. The minimum absolute atomic E-state index is 0.0719. The van der Waals surface area contributed by atoms with Crippen molar-refractivity contribution in [2.75, 3.05) is 11.1 Å². The van der Waals surface area contributed by atoms with Gasteiger partial charge in [0.15, 0.2) is 11.0 Å². The Bertz CT molecular complexity index is 1140. The Labute approximate surface area is 191 Å². The summed E-state index contributed by atoms with van der Waals surface area (Å²) in [5.41, 5.74) is 2.98. The van der Waals surface area contributed by atoms with Crippen molar-refractivity contribution in [1.82, 2.24) is 14.8 Å². The summed E-state index contributed by atoms with van der Waals surface area (Å²) < 4.78 is 3.06. The summed E-state index contributed by atoms with van der Waals surface area (Å²) in [4.78, 5) is 13.6. The van der Waals surface area contributed by atoms with E-state index in [-0.39, 0.29) is 11.7 Å². The van der Waals surface area contributed by atoms with Crippen LogP contribution in [0.4, 0.5) is 5.69 Å². The van der Waals surface area contributed by atoms with Crippen LogP contribution < -0.4 is 5.32 Å². The largest absolute Gasteiger partial charge is 0.325 e. The fourth-order valence-corrected chi connectivity index (χ4v) is 4.91. The van der Waals surface area contributed by atoms with Gasteiger partial charge in [0.1, 0.15) is 0 Å². The van der Waals surface area contributed by atoms with Gasteiger partial charge in [0.25, 0.3) is 0 Å². The molecular weight excluding hydrogens is 480 g/mol. The molecule has 0 unspecified atom stereocenters. The summed E-state index contributed by atoms with van der Waals surface area (Å²) in [7, 11) is 0. The highest BCUT2D eigenvalue weighted by molar-refractivity contribution is 9.10. The second-order valence-corrected chi connectivity index (χ2v) is 9.46. The van der Waals surface area contributed by atoms with E-state index in [0.29, 0.717) is 6.54 Å². The van der Waals surface area contributed by atoms with Crippen LogP contribution in [0.15, 0.2) is 75.7 Å². The van der Waals surface area contributed by atoms with Crippen LogP contribution in [0.25, 0.3) is 10.7 Å². The molecule has 30 heavy (non-hydrogen) atoms. The number of nitrogens with zero attached hydrogens (tertiary/aromatic N) is 3. The van der Waals surface area contributed by atoms with Crippen molar-refractivity contribution >= 4 is 50.6 Å². The summed E-state index contributed by atoms with van der Waals surface area (Å²) >= 11 is 6.46. The Kier molecular flexibility index (Phi) is 6.66. The smallest absolute Gasteiger partial charge is 0.234 e. The average molecular weight is 499 g/mol. The van der Waals surface area contributed by atoms with Crippen LogP contribution in [0, 0.1) is 6.92 Å². The number of hydrogen-bond acceptors (Lipinski definition) is 5. The summed E-state index contributed by atoms with van der Waals surface area (Å²) in [6, 6.07) is 20.0. The zero-order chi connectivity index (χ0) is 20.9. The summed E-state index contributed by atoms with van der Waals surface area (Å²) in [6.07, 6.45) is 0. The van der Waals surface area contributed by atoms with E-state index in [1.165, 1.54) is 11.8 Å². The van der Waals surface area contributed by atoms with Gasteiger partial charge < -0.3 is 5.32 Å². The number of carbonyl (C=O) groups excluding carboxylic acids is 1. The fourth-order valence-electron chi connectivity index (χ4n) is 2.98. The first-order chi connectivity index (χ1) is 14.6. The second-order valence-electron chi connectivity index (χ2n) is 6.65. The lowest BCUT2D eigenvalue weighted by atomic mass is 10.2. The van der Waals surface area contributed by atoms with Gasteiger partial charge in [-0.2, -0.15) is 0 Å². The number of nitrogens with one attached hydrogen (secondary N) is 1. The maximum atomic E-state index is 12.5. The highest BCUT2D eigenvalue weighted by Gasteiger charge is 2.17. The molecular formula is C22H19BrN4OS2. The molecule has 1 N–H and O–H groups in total. The number of rotatable bonds is 7. The number of halogens is 1. The predicted molar refractivity (Wildman–Crippen MR) is 127 cm³/mol. The summed E-state index contributed by atoms with van der Waals surface area (Å²) in [5.74, 6) is 1.00. The topological polar surface area (TPSA) is 59.8 Å². The quantitative estimate of drug-likeness (QED) is 0.324. The molecule has 0 aliphatic heterocycles. The zero-order valence-electron chi connectivity index (χ0n) is 16.2. The Morgan fingerprint density at radius 2 is 1.97 bits per heavy atom. The van der Waals surface area contributed by atoms with Crippen molar-refractivity contribution in [2.45, 2.75) is 18.6 Å². The van der Waals surface area contributed by atoms with Crippen LogP contribution in [-0.4, -0.2) is 26.4 Å². The van der Waals surface area contributed by atoms with Gasteiger partial charge in [0, 0.05) is 10.2 Å². The number of benzene rings is 2. The molecule has 2 heterocycles. The van der Waals surface area contributed by atoms with Crippen molar-refractivity contribution in [1.29, 1.82) is 0 Å². The third-order valence-electron chi connectivity index (χ3n) is 4.44. The Hall–Kier alpha value is -2.42. The first kappa shape index (κ1) is 20.8. The van der Waals surface area contributed by atoms with Gasteiger partial charge in [-0.15, -0.1) is 21.5 Å². The number of carbonyl (C=O) groups is 1. The highest BCUT2D eigenvalue weighted by Crippen LogP contribution is 2.28. The third kappa shape index (κ3) is 5.00. The normalized spacial score (nSPS) is 10.9. The lowest BCUT2D eigenvalue weighted by Crippen LogP contribution is -2.15. The van der Waals surface area contributed by atoms with E-state index >= 15 is 0 Å². The molecule has 5 nitrogen and oxygen atoms in total. The summed E-state index contributed by atoms with van der Waals surface area (Å²) in [6.45, 7) is 2.62. The van der Waals surface area contributed by atoms with Gasteiger partial charge in [0.05, 0.1) is 17.2 Å². The minimum Gasteiger partial charge on any atom is -0.325 e. The Morgan fingerprint density at radius 1 is 1.13 bits per heavy atom. The second kappa shape index (κ2) is 9.59. The molecule has 1 amide bonds. The van der Waals surface area contributed by atoms with E-state index in [1.54, 1.807) is 11.3 Å². The average Bonchev–Trinajstić information content (AvgIpc) is 3.39. The van der Waals surface area contributed by atoms with Crippen LogP contribution in [-0.2, 0) is 11.3 Å². The van der Waals surface area contributed by atoms with Crippen molar-refractivity contribution < 1.29 is 4.79 Å². The van der Waals surface area contributed by atoms with Gasteiger partial charge in [-0.25, -0.2) is 0 Å². The first-order valence-corrected chi connectivity index (χ1v) is 12.0. The zero-order valence-corrected chi connectivity index (χ0v) is 19.4. The third-order valence-corrected chi connectivity index (χ3v) is 6.76. The molecule has 4 rings (SSSR count). The standard InChI is InChI=1S/C22H19BrN4OS2/c1-15-12-17(23)9-10-18(15)24-20(28)14-30-22-26-25-21(19-8-5-11-29-19)27(22)13-16-6-3-2-4-7-16/h2-12H,13-14H2,1H3,(H,24,28). The number of anilines is 1. The van der Waals surface area contributed by atoms with Crippen LogP contribution in [0.2, 0.25) is 0 Å². The van der Waals surface area contributed by atoms with Gasteiger partial charge >= 0.3 is 0 Å². The molecule has 152 valence electrons. The predicted octanol–water partition coefficient (Wildman–Crippen LogP) is 5.86. The van der Waals surface area contributed by atoms with Crippen LogP contribution in [0.5, 0.6) is 0 Å². The number of thioether (sulfide) groups is 1. The monoisotopic (exact) mass is 498 g/mol. The molecule has 0 aliphatic carbocycles. The van der Waals surface area contributed by atoms with Crippen molar-refractivity contribution in [2.24, 2.45) is 0 Å². The van der Waals surface area contributed by atoms with Gasteiger partial charge in [-0.05, 0) is 47.7 Å². The van der Waals surface area contributed by atoms with Crippen molar-refractivity contribution in [3.63, 3.8) is 0 Å². The summed E-state index contributed by atoms with van der Waals surface area (Å²) in [5, 5.41) is 14.5. The van der Waals surface area contributed by atoms with Crippen LogP contribution >= 0.6 is 39.0 Å². The Morgan fingerprint density at radius 3 is 2.70 bits per heavy atom. The van der Waals surface area contributed by atoms with Gasteiger partial charge in [-0.3, -0.25) is 9.36 Å². The minimum atomic E-state index is -0.0719. The van der Waals surface area contributed by atoms with E-state index in [1.807, 2.05) is 60.8 Å². The van der Waals surface area contributed by atoms with E-state index in [4.69, 9.17) is 0 Å². The van der Waals surface area contributed by atoms with E-state index in [0.717, 1.165) is 37.1 Å². The lowest BCUT2D eigenvalue weighted by molar-refractivity contribution is -0.113. The van der Waals surface area contributed by atoms with E-state index in [2.05, 4.69) is 48.1 Å². The molecule has 0 bridgehead atoms.